The SMILES string of the molecule is CN=C(NCC1(N2CCOCC2)CCCCC1)NC1CCc2nc(COC)nn2C1.I. The van der Waals surface area contributed by atoms with Gasteiger partial charge < -0.3 is 20.1 Å². The molecule has 3 aliphatic rings. The van der Waals surface area contributed by atoms with Crippen molar-refractivity contribution in [1.82, 2.24) is 30.3 Å². The smallest absolute Gasteiger partial charge is 0.191 e. The van der Waals surface area contributed by atoms with Gasteiger partial charge in [-0.3, -0.25) is 9.89 Å². The summed E-state index contributed by atoms with van der Waals surface area (Å²) in [6, 6.07) is 0.298. The molecule has 1 aliphatic carbocycles. The molecule has 1 aromatic rings. The molecule has 1 atom stereocenters. The number of aryl methyl sites for hydroxylation is 1. The molecule has 0 spiro atoms. The van der Waals surface area contributed by atoms with E-state index < -0.39 is 0 Å². The fourth-order valence-electron chi connectivity index (χ4n) is 5.16. The van der Waals surface area contributed by atoms with Crippen molar-refractivity contribution in [3.8, 4) is 0 Å². The Morgan fingerprint density at radius 3 is 2.74 bits per heavy atom. The maximum Gasteiger partial charge on any atom is 0.191 e. The van der Waals surface area contributed by atoms with E-state index in [1.807, 2.05) is 11.7 Å². The van der Waals surface area contributed by atoms with Gasteiger partial charge in [-0.25, -0.2) is 9.67 Å². The summed E-state index contributed by atoms with van der Waals surface area (Å²) in [5.41, 5.74) is 0.223. The Balaban J connectivity index is 0.00000272. The molecule has 1 unspecified atom stereocenters. The van der Waals surface area contributed by atoms with E-state index in [1.165, 1.54) is 32.1 Å². The van der Waals surface area contributed by atoms with Crippen LogP contribution in [0.5, 0.6) is 0 Å². The van der Waals surface area contributed by atoms with Crippen LogP contribution in [0.2, 0.25) is 0 Å². The number of fused-ring (bicyclic) bond motifs is 1. The largest absolute Gasteiger partial charge is 0.379 e. The highest BCUT2D eigenvalue weighted by Crippen LogP contribution is 2.33. The summed E-state index contributed by atoms with van der Waals surface area (Å²) in [5.74, 6) is 2.70. The first kappa shape index (κ1) is 24.7. The highest BCUT2D eigenvalue weighted by Gasteiger charge is 2.38. The van der Waals surface area contributed by atoms with Crippen LogP contribution >= 0.6 is 24.0 Å². The van der Waals surface area contributed by atoms with Crippen LogP contribution < -0.4 is 10.6 Å². The van der Waals surface area contributed by atoms with Crippen LogP contribution in [0.25, 0.3) is 0 Å². The molecule has 4 rings (SSSR count). The number of guanidine groups is 1. The minimum atomic E-state index is 0. The van der Waals surface area contributed by atoms with Gasteiger partial charge in [-0.1, -0.05) is 19.3 Å². The topological polar surface area (TPSA) is 88.8 Å². The molecule has 2 aliphatic heterocycles. The summed E-state index contributed by atoms with van der Waals surface area (Å²) in [6.07, 6.45) is 8.44. The van der Waals surface area contributed by atoms with Crippen LogP contribution in [0.4, 0.5) is 0 Å². The Labute approximate surface area is 202 Å². The fraction of sp³-hybridized carbons (Fsp3) is 0.857. The van der Waals surface area contributed by atoms with Gasteiger partial charge >= 0.3 is 0 Å². The van der Waals surface area contributed by atoms with Gasteiger partial charge in [0.15, 0.2) is 11.8 Å². The van der Waals surface area contributed by atoms with E-state index in [-0.39, 0.29) is 29.5 Å². The summed E-state index contributed by atoms with van der Waals surface area (Å²) in [6.45, 7) is 5.98. The van der Waals surface area contributed by atoms with Gasteiger partial charge in [0.1, 0.15) is 12.4 Å². The van der Waals surface area contributed by atoms with Crippen molar-refractivity contribution in [2.75, 3.05) is 47.0 Å². The molecule has 3 heterocycles. The normalized spacial score (nSPS) is 24.2. The molecule has 1 aromatic heterocycles. The van der Waals surface area contributed by atoms with Crippen LogP contribution in [-0.4, -0.2) is 84.2 Å². The Morgan fingerprint density at radius 1 is 1.26 bits per heavy atom. The molecule has 0 radical (unpaired) electrons. The number of hydrogen-bond acceptors (Lipinski definition) is 6. The van der Waals surface area contributed by atoms with E-state index in [4.69, 9.17) is 9.47 Å². The van der Waals surface area contributed by atoms with E-state index in [1.54, 1.807) is 7.11 Å². The lowest BCUT2D eigenvalue weighted by atomic mass is 9.80. The number of ether oxygens (including phenoxy) is 2. The number of aromatic nitrogens is 3. The van der Waals surface area contributed by atoms with Crippen LogP contribution in [0.3, 0.4) is 0 Å². The van der Waals surface area contributed by atoms with Crippen molar-refractivity contribution in [2.45, 2.75) is 69.7 Å². The van der Waals surface area contributed by atoms with Crippen LogP contribution in [0.15, 0.2) is 4.99 Å². The number of methoxy groups -OCH3 is 1. The van der Waals surface area contributed by atoms with Crippen molar-refractivity contribution in [3.05, 3.63) is 11.6 Å². The number of rotatable bonds is 6. The van der Waals surface area contributed by atoms with E-state index in [9.17, 15) is 0 Å². The zero-order valence-electron chi connectivity index (χ0n) is 18.9. The van der Waals surface area contributed by atoms with E-state index >= 15 is 0 Å². The molecule has 1 saturated heterocycles. The van der Waals surface area contributed by atoms with Gasteiger partial charge in [0.2, 0.25) is 0 Å². The Hall–Kier alpha value is -0.980. The number of nitrogens with one attached hydrogen (secondary N) is 2. The molecule has 176 valence electrons. The molecule has 9 nitrogen and oxygen atoms in total. The molecule has 10 heteroatoms. The van der Waals surface area contributed by atoms with Crippen molar-refractivity contribution in [2.24, 2.45) is 4.99 Å². The average Bonchev–Trinajstić information content (AvgIpc) is 3.20. The molecule has 31 heavy (non-hydrogen) atoms. The summed E-state index contributed by atoms with van der Waals surface area (Å²) in [5, 5.41) is 11.9. The third-order valence-corrected chi connectivity index (χ3v) is 6.79. The number of nitrogens with zero attached hydrogens (tertiary/aromatic N) is 5. The molecular formula is C21H38IN7O2. The fourth-order valence-corrected chi connectivity index (χ4v) is 5.16. The minimum Gasteiger partial charge on any atom is -0.379 e. The molecule has 2 fully saturated rings. The number of hydrogen-bond donors (Lipinski definition) is 2. The quantitative estimate of drug-likeness (QED) is 0.318. The number of aliphatic imine (C=N–C) groups is 1. The molecule has 1 saturated carbocycles. The molecule has 0 amide bonds. The maximum absolute atomic E-state index is 5.61. The second kappa shape index (κ2) is 11.8. The van der Waals surface area contributed by atoms with E-state index in [0.29, 0.717) is 12.6 Å². The van der Waals surface area contributed by atoms with Gasteiger partial charge in [-0.05, 0) is 19.3 Å². The Morgan fingerprint density at radius 2 is 2.03 bits per heavy atom. The standard InChI is InChI=1S/C21H37N7O2.HI/c1-22-20(24-17-6-7-19-25-18(15-29-2)26-28(19)14-17)23-16-21(8-4-3-5-9-21)27-10-12-30-13-11-27;/h17H,3-16H2,1-2H3,(H2,22,23,24);1H. The lowest BCUT2D eigenvalue weighted by Crippen LogP contribution is -2.61. The monoisotopic (exact) mass is 547 g/mol. The summed E-state index contributed by atoms with van der Waals surface area (Å²) < 4.78 is 12.8. The van der Waals surface area contributed by atoms with Gasteiger partial charge in [0, 0.05) is 51.8 Å². The van der Waals surface area contributed by atoms with Crippen molar-refractivity contribution in [1.29, 1.82) is 0 Å². The van der Waals surface area contributed by atoms with Crippen LogP contribution in [0.1, 0.15) is 50.2 Å². The number of morpholine rings is 1. The highest BCUT2D eigenvalue weighted by atomic mass is 127. The van der Waals surface area contributed by atoms with Crippen molar-refractivity contribution in [3.63, 3.8) is 0 Å². The van der Waals surface area contributed by atoms with Gasteiger partial charge in [0.05, 0.1) is 19.8 Å². The van der Waals surface area contributed by atoms with Crippen LogP contribution in [-0.2, 0) is 29.0 Å². The second-order valence-corrected chi connectivity index (χ2v) is 8.75. The first-order valence-electron chi connectivity index (χ1n) is 11.4. The third-order valence-electron chi connectivity index (χ3n) is 6.79. The van der Waals surface area contributed by atoms with Crippen molar-refractivity contribution >= 4 is 29.9 Å². The van der Waals surface area contributed by atoms with Crippen LogP contribution in [0, 0.1) is 0 Å². The predicted molar refractivity (Wildman–Crippen MR) is 131 cm³/mol. The molecule has 2 N–H and O–H groups in total. The van der Waals surface area contributed by atoms with Gasteiger partial charge in [0.25, 0.3) is 0 Å². The van der Waals surface area contributed by atoms with Crippen molar-refractivity contribution < 1.29 is 9.47 Å². The van der Waals surface area contributed by atoms with Gasteiger partial charge in [-0.2, -0.15) is 5.10 Å². The lowest BCUT2D eigenvalue weighted by Gasteiger charge is -2.48. The lowest BCUT2D eigenvalue weighted by molar-refractivity contribution is -0.0352. The third kappa shape index (κ3) is 6.08. The van der Waals surface area contributed by atoms with E-state index in [2.05, 4.69) is 30.6 Å². The number of halogens is 1. The Kier molecular flexibility index (Phi) is 9.35. The average molecular weight is 547 g/mol. The zero-order chi connectivity index (χ0) is 20.8. The minimum absolute atomic E-state index is 0. The second-order valence-electron chi connectivity index (χ2n) is 8.75. The predicted octanol–water partition coefficient (Wildman–Crippen LogP) is 1.56. The zero-order valence-corrected chi connectivity index (χ0v) is 21.3. The summed E-state index contributed by atoms with van der Waals surface area (Å²) >= 11 is 0. The molecule has 0 aromatic carbocycles. The first-order valence-corrected chi connectivity index (χ1v) is 11.4. The summed E-state index contributed by atoms with van der Waals surface area (Å²) in [7, 11) is 3.54. The highest BCUT2D eigenvalue weighted by molar-refractivity contribution is 14.0. The summed E-state index contributed by atoms with van der Waals surface area (Å²) in [4.78, 5) is 11.8. The van der Waals surface area contributed by atoms with E-state index in [0.717, 1.165) is 69.8 Å². The van der Waals surface area contributed by atoms with Gasteiger partial charge in [-0.15, -0.1) is 24.0 Å². The Bertz CT molecular complexity index is 715. The maximum atomic E-state index is 5.61. The molecular weight excluding hydrogens is 509 g/mol. The first-order chi connectivity index (χ1) is 14.7. The molecule has 0 bridgehead atoms.